The average molecular weight is 293 g/mol. The van der Waals surface area contributed by atoms with Gasteiger partial charge in [0, 0.05) is 25.5 Å². The van der Waals surface area contributed by atoms with Gasteiger partial charge < -0.3 is 10.2 Å². The largest absolute Gasteiger partial charge is 0.372 e. The Morgan fingerprint density at radius 3 is 2.40 bits per heavy atom. The van der Waals surface area contributed by atoms with E-state index in [-0.39, 0.29) is 12.4 Å². The fraction of sp³-hybridized carbons (Fsp3) is 0.467. The van der Waals surface area contributed by atoms with Crippen molar-refractivity contribution in [3.63, 3.8) is 0 Å². The Kier molecular flexibility index (Phi) is 5.01. The fourth-order valence-electron chi connectivity index (χ4n) is 2.67. The molecule has 0 aliphatic carbocycles. The molecular formula is C15H21ClN4. The minimum Gasteiger partial charge on any atom is -0.372 e. The van der Waals surface area contributed by atoms with Crippen LogP contribution in [0.3, 0.4) is 0 Å². The van der Waals surface area contributed by atoms with E-state index >= 15 is 0 Å². The van der Waals surface area contributed by atoms with Gasteiger partial charge >= 0.3 is 0 Å². The number of fused-ring (bicyclic) bond motifs is 1. The fourth-order valence-corrected chi connectivity index (χ4v) is 2.67. The summed E-state index contributed by atoms with van der Waals surface area (Å²) in [5.74, 6) is 1.79. The highest BCUT2D eigenvalue weighted by molar-refractivity contribution is 5.89. The number of benzene rings is 1. The molecule has 20 heavy (non-hydrogen) atoms. The minimum absolute atomic E-state index is 0. The number of nitrogens with one attached hydrogen (secondary N) is 1. The predicted molar refractivity (Wildman–Crippen MR) is 87.0 cm³/mol. The Morgan fingerprint density at radius 1 is 1.00 bits per heavy atom. The van der Waals surface area contributed by atoms with Crippen molar-refractivity contribution in [1.29, 1.82) is 0 Å². The van der Waals surface area contributed by atoms with Crippen molar-refractivity contribution in [2.45, 2.75) is 25.7 Å². The lowest BCUT2D eigenvalue weighted by Gasteiger charge is -2.21. The number of para-hydroxylation sites is 1. The minimum atomic E-state index is 0. The maximum atomic E-state index is 4.72. The molecule has 2 aromatic rings. The molecule has 0 bridgehead atoms. The first-order chi connectivity index (χ1) is 9.38. The quantitative estimate of drug-likeness (QED) is 0.920. The third kappa shape index (κ3) is 2.96. The van der Waals surface area contributed by atoms with Crippen LogP contribution < -0.4 is 10.2 Å². The van der Waals surface area contributed by atoms with Crippen LogP contribution in [-0.2, 0) is 0 Å². The molecule has 4 nitrogen and oxygen atoms in total. The van der Waals surface area contributed by atoms with Crippen LogP contribution in [0.4, 0.5) is 11.8 Å². The summed E-state index contributed by atoms with van der Waals surface area (Å²) < 4.78 is 0. The molecule has 1 aromatic heterocycles. The number of anilines is 2. The van der Waals surface area contributed by atoms with E-state index in [1.807, 2.05) is 19.2 Å². The molecule has 1 aromatic carbocycles. The van der Waals surface area contributed by atoms with Gasteiger partial charge in [-0.3, -0.25) is 0 Å². The first-order valence-corrected chi connectivity index (χ1v) is 7.08. The third-order valence-corrected chi connectivity index (χ3v) is 3.72. The Morgan fingerprint density at radius 2 is 1.70 bits per heavy atom. The summed E-state index contributed by atoms with van der Waals surface area (Å²) in [7, 11) is 1.92. The van der Waals surface area contributed by atoms with Crippen molar-refractivity contribution >= 4 is 35.1 Å². The predicted octanol–water partition coefficient (Wildman–Crippen LogP) is 3.47. The summed E-state index contributed by atoms with van der Waals surface area (Å²) in [6.45, 7) is 2.14. The summed E-state index contributed by atoms with van der Waals surface area (Å²) in [5.41, 5.74) is 1.01. The molecule has 0 radical (unpaired) electrons. The van der Waals surface area contributed by atoms with Gasteiger partial charge in [0.2, 0.25) is 5.95 Å². The van der Waals surface area contributed by atoms with Crippen molar-refractivity contribution < 1.29 is 0 Å². The molecule has 0 unspecified atom stereocenters. The van der Waals surface area contributed by atoms with Crippen LogP contribution in [0.25, 0.3) is 10.9 Å². The molecule has 5 heteroatoms. The second-order valence-corrected chi connectivity index (χ2v) is 5.04. The Hall–Kier alpha value is -1.55. The number of halogens is 1. The van der Waals surface area contributed by atoms with Crippen molar-refractivity contribution in [2.24, 2.45) is 0 Å². The first-order valence-electron chi connectivity index (χ1n) is 7.08. The van der Waals surface area contributed by atoms with Crippen LogP contribution >= 0.6 is 12.4 Å². The van der Waals surface area contributed by atoms with Gasteiger partial charge in [-0.05, 0) is 25.0 Å². The number of hydrogen-bond acceptors (Lipinski definition) is 4. The standard InChI is InChI=1S/C15H20N4.ClH/c1-16-14-12-8-4-5-9-13(12)17-15(18-14)19-10-6-2-3-7-11-19;/h4-5,8-9H,2-3,6-7,10-11H2,1H3,(H,16,17,18);1H. The van der Waals surface area contributed by atoms with Gasteiger partial charge in [0.25, 0.3) is 0 Å². The second kappa shape index (κ2) is 6.75. The van der Waals surface area contributed by atoms with Crippen LogP contribution in [0.2, 0.25) is 0 Å². The summed E-state index contributed by atoms with van der Waals surface area (Å²) >= 11 is 0. The van der Waals surface area contributed by atoms with Gasteiger partial charge in [-0.25, -0.2) is 4.98 Å². The van der Waals surface area contributed by atoms with Gasteiger partial charge in [-0.1, -0.05) is 25.0 Å². The van der Waals surface area contributed by atoms with Crippen LogP contribution in [-0.4, -0.2) is 30.1 Å². The Balaban J connectivity index is 0.00000147. The lowest BCUT2D eigenvalue weighted by molar-refractivity contribution is 0.726. The average Bonchev–Trinajstić information content (AvgIpc) is 2.75. The second-order valence-electron chi connectivity index (χ2n) is 5.04. The summed E-state index contributed by atoms with van der Waals surface area (Å²) in [5, 5.41) is 4.27. The van der Waals surface area contributed by atoms with Crippen molar-refractivity contribution in [1.82, 2.24) is 9.97 Å². The SMILES string of the molecule is CNc1nc(N2CCCCCC2)nc2ccccc12.Cl. The normalized spacial score (nSPS) is 15.6. The topological polar surface area (TPSA) is 41.1 Å². The van der Waals surface area contributed by atoms with E-state index in [0.29, 0.717) is 0 Å². The first kappa shape index (κ1) is 14.9. The van der Waals surface area contributed by atoms with Gasteiger partial charge in [0.15, 0.2) is 0 Å². The smallest absolute Gasteiger partial charge is 0.227 e. The van der Waals surface area contributed by atoms with E-state index in [1.165, 1.54) is 25.7 Å². The zero-order chi connectivity index (χ0) is 13.1. The number of aromatic nitrogens is 2. The molecule has 1 aliphatic heterocycles. The van der Waals surface area contributed by atoms with E-state index in [2.05, 4.69) is 27.3 Å². The molecule has 0 spiro atoms. The molecule has 0 amide bonds. The molecule has 1 fully saturated rings. The highest BCUT2D eigenvalue weighted by Crippen LogP contribution is 2.24. The summed E-state index contributed by atoms with van der Waals surface area (Å²) in [4.78, 5) is 11.7. The van der Waals surface area contributed by atoms with Crippen LogP contribution in [0.5, 0.6) is 0 Å². The molecule has 0 atom stereocenters. The van der Waals surface area contributed by atoms with Gasteiger partial charge in [0.05, 0.1) is 5.52 Å². The zero-order valence-corrected chi connectivity index (χ0v) is 12.6. The molecular weight excluding hydrogens is 272 g/mol. The maximum absolute atomic E-state index is 4.72. The van der Waals surface area contributed by atoms with Gasteiger partial charge in [0.1, 0.15) is 5.82 Å². The lowest BCUT2D eigenvalue weighted by atomic mass is 10.2. The summed E-state index contributed by atoms with van der Waals surface area (Å²) in [6.07, 6.45) is 5.13. The maximum Gasteiger partial charge on any atom is 0.227 e. The van der Waals surface area contributed by atoms with Crippen molar-refractivity contribution in [3.05, 3.63) is 24.3 Å². The van der Waals surface area contributed by atoms with E-state index < -0.39 is 0 Å². The molecule has 108 valence electrons. The van der Waals surface area contributed by atoms with E-state index in [9.17, 15) is 0 Å². The highest BCUT2D eigenvalue weighted by atomic mass is 35.5. The molecule has 2 heterocycles. The van der Waals surface area contributed by atoms with Crippen LogP contribution in [0.1, 0.15) is 25.7 Å². The molecule has 1 saturated heterocycles. The summed E-state index contributed by atoms with van der Waals surface area (Å²) in [6, 6.07) is 8.17. The number of rotatable bonds is 2. The zero-order valence-electron chi connectivity index (χ0n) is 11.8. The molecule has 1 aliphatic rings. The number of nitrogens with zero attached hydrogens (tertiary/aromatic N) is 3. The van der Waals surface area contributed by atoms with E-state index in [4.69, 9.17) is 4.98 Å². The lowest BCUT2D eigenvalue weighted by Crippen LogP contribution is -2.26. The van der Waals surface area contributed by atoms with Crippen LogP contribution in [0, 0.1) is 0 Å². The van der Waals surface area contributed by atoms with Crippen molar-refractivity contribution in [3.8, 4) is 0 Å². The van der Waals surface area contributed by atoms with Crippen LogP contribution in [0.15, 0.2) is 24.3 Å². The molecule has 0 saturated carbocycles. The van der Waals surface area contributed by atoms with E-state index in [0.717, 1.165) is 35.8 Å². The Labute approximate surface area is 126 Å². The molecule has 1 N–H and O–H groups in total. The van der Waals surface area contributed by atoms with Gasteiger partial charge in [-0.2, -0.15) is 4.98 Å². The highest BCUT2D eigenvalue weighted by Gasteiger charge is 2.14. The Bertz CT molecular complexity index is 565. The van der Waals surface area contributed by atoms with E-state index in [1.54, 1.807) is 0 Å². The monoisotopic (exact) mass is 292 g/mol. The van der Waals surface area contributed by atoms with Crippen molar-refractivity contribution in [2.75, 3.05) is 30.4 Å². The van der Waals surface area contributed by atoms with Gasteiger partial charge in [-0.15, -0.1) is 12.4 Å². The molecule has 3 rings (SSSR count). The number of hydrogen-bond donors (Lipinski definition) is 1. The third-order valence-electron chi connectivity index (χ3n) is 3.72.